The van der Waals surface area contributed by atoms with E-state index in [0.717, 1.165) is 44.9 Å². The number of aliphatic hydroxyl groups is 2. The molecule has 0 spiro atoms. The van der Waals surface area contributed by atoms with Gasteiger partial charge in [-0.1, -0.05) is 165 Å². The lowest BCUT2D eigenvalue weighted by Crippen LogP contribution is -2.45. The third-order valence-electron chi connectivity index (χ3n) is 8.53. The van der Waals surface area contributed by atoms with E-state index < -0.39 is 12.1 Å². The Hall–Kier alpha value is -1.65. The molecule has 0 bridgehead atoms. The average molecular weight is 630 g/mol. The molecule has 45 heavy (non-hydrogen) atoms. The number of rotatable bonds is 34. The minimum absolute atomic E-state index is 0.0855. The highest BCUT2D eigenvalue weighted by Crippen LogP contribution is 2.12. The quantitative estimate of drug-likeness (QED) is 0.0490. The summed E-state index contributed by atoms with van der Waals surface area (Å²) in [6, 6.07) is -0.641. The molecule has 0 aliphatic carbocycles. The van der Waals surface area contributed by atoms with Crippen molar-refractivity contribution in [1.82, 2.24) is 5.32 Å². The molecule has 0 saturated heterocycles. The second-order valence-corrected chi connectivity index (χ2v) is 13.0. The van der Waals surface area contributed by atoms with E-state index in [1.807, 2.05) is 6.08 Å². The number of allylic oxidation sites excluding steroid dienone is 7. The highest BCUT2D eigenvalue weighted by molar-refractivity contribution is 5.76. The summed E-state index contributed by atoms with van der Waals surface area (Å²) in [5, 5.41) is 22.8. The van der Waals surface area contributed by atoms with Crippen LogP contribution in [0.2, 0.25) is 0 Å². The molecule has 1 amide bonds. The normalized spacial score (nSPS) is 13.6. The molecule has 2 atom stereocenters. The summed E-state index contributed by atoms with van der Waals surface area (Å²) in [6.07, 6.45) is 49.2. The number of hydrogen-bond donors (Lipinski definition) is 3. The predicted octanol–water partition coefficient (Wildman–Crippen LogP) is 11.6. The smallest absolute Gasteiger partial charge is 0.220 e. The molecule has 0 aliphatic rings. The van der Waals surface area contributed by atoms with Gasteiger partial charge >= 0.3 is 0 Å². The Morgan fingerprint density at radius 3 is 1.44 bits per heavy atom. The lowest BCUT2D eigenvalue weighted by molar-refractivity contribution is -0.123. The van der Waals surface area contributed by atoms with Crippen LogP contribution < -0.4 is 5.32 Å². The zero-order chi connectivity index (χ0) is 32.9. The average Bonchev–Trinajstić information content (AvgIpc) is 3.04. The van der Waals surface area contributed by atoms with E-state index in [0.29, 0.717) is 6.42 Å². The summed E-state index contributed by atoms with van der Waals surface area (Å²) >= 11 is 0. The maximum atomic E-state index is 12.3. The summed E-state index contributed by atoms with van der Waals surface area (Å²) in [6.45, 7) is 4.25. The minimum Gasteiger partial charge on any atom is -0.394 e. The summed E-state index contributed by atoms with van der Waals surface area (Å²) < 4.78 is 0. The van der Waals surface area contributed by atoms with Crippen molar-refractivity contribution in [1.29, 1.82) is 0 Å². The standard InChI is InChI=1S/C41H75NO3/c1-3-5-7-9-11-13-15-16-17-18-19-20-21-22-23-24-25-26-27-29-31-33-35-37-41(45)42-39(38-43)40(44)36-34-32-30-28-14-12-10-8-6-4-2/h14,19-20,22-23,28,34,36,39-40,43-44H,3-13,15-18,21,24-27,29-33,35,37-38H2,1-2H3,(H,42,45)/b20-19-,23-22-,28-14+,36-34+. The molecule has 0 rings (SSSR count). The fraction of sp³-hybridized carbons (Fsp3) is 0.780. The van der Waals surface area contributed by atoms with Gasteiger partial charge in [0.15, 0.2) is 0 Å². The molecular weight excluding hydrogens is 554 g/mol. The largest absolute Gasteiger partial charge is 0.394 e. The Morgan fingerprint density at radius 1 is 0.533 bits per heavy atom. The molecule has 4 nitrogen and oxygen atoms in total. The molecule has 0 aliphatic heterocycles. The van der Waals surface area contributed by atoms with Crippen LogP contribution in [0.1, 0.15) is 187 Å². The first-order valence-electron chi connectivity index (χ1n) is 19.4. The molecule has 262 valence electrons. The first-order valence-corrected chi connectivity index (χ1v) is 19.4. The van der Waals surface area contributed by atoms with E-state index in [9.17, 15) is 15.0 Å². The summed E-state index contributed by atoms with van der Waals surface area (Å²) in [5.74, 6) is -0.0855. The molecule has 0 aromatic heterocycles. The Morgan fingerprint density at radius 2 is 0.933 bits per heavy atom. The zero-order valence-corrected chi connectivity index (χ0v) is 29.9. The van der Waals surface area contributed by atoms with Gasteiger partial charge in [0.2, 0.25) is 5.91 Å². The van der Waals surface area contributed by atoms with Gasteiger partial charge in [-0.3, -0.25) is 4.79 Å². The van der Waals surface area contributed by atoms with Gasteiger partial charge in [0.25, 0.3) is 0 Å². The maximum absolute atomic E-state index is 12.3. The highest BCUT2D eigenvalue weighted by atomic mass is 16.3. The number of hydrogen-bond acceptors (Lipinski definition) is 3. The number of unbranched alkanes of at least 4 members (excludes halogenated alkanes) is 21. The van der Waals surface area contributed by atoms with Crippen LogP contribution in [0, 0.1) is 0 Å². The van der Waals surface area contributed by atoms with Crippen molar-refractivity contribution in [3.8, 4) is 0 Å². The summed E-state index contributed by atoms with van der Waals surface area (Å²) in [5.41, 5.74) is 0. The van der Waals surface area contributed by atoms with Crippen LogP contribution in [0.25, 0.3) is 0 Å². The molecule has 0 radical (unpaired) electrons. The van der Waals surface area contributed by atoms with E-state index in [2.05, 4.69) is 55.6 Å². The summed E-state index contributed by atoms with van der Waals surface area (Å²) in [4.78, 5) is 12.3. The molecule has 0 aromatic rings. The third kappa shape index (κ3) is 33.5. The molecule has 0 fully saturated rings. The number of amides is 1. The third-order valence-corrected chi connectivity index (χ3v) is 8.53. The van der Waals surface area contributed by atoms with Crippen LogP contribution in [-0.2, 0) is 4.79 Å². The number of aliphatic hydroxyl groups excluding tert-OH is 2. The topological polar surface area (TPSA) is 69.6 Å². The molecule has 2 unspecified atom stereocenters. The zero-order valence-electron chi connectivity index (χ0n) is 29.9. The molecule has 0 saturated carbocycles. The SMILES string of the molecule is CCCCCC/C=C/CC/C=C/C(O)C(CO)NC(=O)CCCCCCCCC/C=C\C/C=C\CCCCCCCCCCC. The van der Waals surface area contributed by atoms with Gasteiger partial charge in [0.05, 0.1) is 18.8 Å². The predicted molar refractivity (Wildman–Crippen MR) is 198 cm³/mol. The first kappa shape index (κ1) is 43.4. The molecule has 4 heteroatoms. The van der Waals surface area contributed by atoms with E-state index in [-0.39, 0.29) is 12.5 Å². The fourth-order valence-corrected chi connectivity index (χ4v) is 5.52. The van der Waals surface area contributed by atoms with Gasteiger partial charge in [-0.15, -0.1) is 0 Å². The fourth-order valence-electron chi connectivity index (χ4n) is 5.52. The second-order valence-electron chi connectivity index (χ2n) is 13.0. The lowest BCUT2D eigenvalue weighted by atomic mass is 10.1. The van der Waals surface area contributed by atoms with Gasteiger partial charge in [-0.2, -0.15) is 0 Å². The van der Waals surface area contributed by atoms with Crippen LogP contribution in [0.5, 0.6) is 0 Å². The first-order chi connectivity index (χ1) is 22.2. The van der Waals surface area contributed by atoms with Crippen molar-refractivity contribution in [3.63, 3.8) is 0 Å². The number of carbonyl (C=O) groups is 1. The van der Waals surface area contributed by atoms with Crippen molar-refractivity contribution < 1.29 is 15.0 Å². The number of carbonyl (C=O) groups excluding carboxylic acids is 1. The van der Waals surface area contributed by atoms with Crippen molar-refractivity contribution in [2.45, 2.75) is 199 Å². The molecular formula is C41H75NO3. The number of nitrogens with one attached hydrogen (secondary N) is 1. The van der Waals surface area contributed by atoms with E-state index >= 15 is 0 Å². The van der Waals surface area contributed by atoms with Crippen LogP contribution in [0.15, 0.2) is 48.6 Å². The molecule has 0 heterocycles. The van der Waals surface area contributed by atoms with E-state index in [1.165, 1.54) is 122 Å². The molecule has 0 aromatic carbocycles. The Labute approximate surface area is 280 Å². The lowest BCUT2D eigenvalue weighted by Gasteiger charge is -2.19. The molecule has 3 N–H and O–H groups in total. The Balaban J connectivity index is 3.61. The second kappa shape index (κ2) is 36.8. The van der Waals surface area contributed by atoms with Gasteiger partial charge < -0.3 is 15.5 Å². The Kier molecular flexibility index (Phi) is 35.5. The van der Waals surface area contributed by atoms with Gasteiger partial charge in [-0.25, -0.2) is 0 Å². The van der Waals surface area contributed by atoms with Crippen molar-refractivity contribution in [2.24, 2.45) is 0 Å². The van der Waals surface area contributed by atoms with Crippen molar-refractivity contribution in [2.75, 3.05) is 6.61 Å². The van der Waals surface area contributed by atoms with E-state index in [4.69, 9.17) is 0 Å². The van der Waals surface area contributed by atoms with Crippen molar-refractivity contribution >= 4 is 5.91 Å². The van der Waals surface area contributed by atoms with Crippen molar-refractivity contribution in [3.05, 3.63) is 48.6 Å². The van der Waals surface area contributed by atoms with Gasteiger partial charge in [0.1, 0.15) is 0 Å². The monoisotopic (exact) mass is 630 g/mol. The van der Waals surface area contributed by atoms with Crippen LogP contribution in [0.4, 0.5) is 0 Å². The van der Waals surface area contributed by atoms with Gasteiger partial charge in [0, 0.05) is 6.42 Å². The maximum Gasteiger partial charge on any atom is 0.220 e. The highest BCUT2D eigenvalue weighted by Gasteiger charge is 2.17. The van der Waals surface area contributed by atoms with Crippen LogP contribution in [0.3, 0.4) is 0 Å². The van der Waals surface area contributed by atoms with E-state index in [1.54, 1.807) is 6.08 Å². The van der Waals surface area contributed by atoms with Gasteiger partial charge in [-0.05, 0) is 64.2 Å². The van der Waals surface area contributed by atoms with Crippen LogP contribution in [-0.4, -0.2) is 34.9 Å². The Bertz CT molecular complexity index is 726. The van der Waals surface area contributed by atoms with Crippen LogP contribution >= 0.6 is 0 Å². The summed E-state index contributed by atoms with van der Waals surface area (Å²) in [7, 11) is 0. The minimum atomic E-state index is -0.863.